The standard InChI is InChI=1S/C16H25N3O4/c1-17-16(22)19(10-9-18(2)3)14(15(20)21)11-12-5-7-13(23-4)8-6-12/h5-8,14H,9-11H2,1-4H3,(H,17,22)(H,20,21)/t14-/m0/s1. The quantitative estimate of drug-likeness (QED) is 0.742. The molecule has 0 saturated heterocycles. The van der Waals surface area contributed by atoms with Crippen molar-refractivity contribution in [3.8, 4) is 5.75 Å². The zero-order valence-electron chi connectivity index (χ0n) is 14.1. The van der Waals surface area contributed by atoms with Crippen LogP contribution in [0.25, 0.3) is 0 Å². The number of amides is 2. The molecular formula is C16H25N3O4. The molecule has 0 heterocycles. The van der Waals surface area contributed by atoms with E-state index in [1.807, 2.05) is 31.1 Å². The lowest BCUT2D eigenvalue weighted by Gasteiger charge is -2.29. The maximum absolute atomic E-state index is 12.1. The summed E-state index contributed by atoms with van der Waals surface area (Å²) in [7, 11) is 6.82. The summed E-state index contributed by atoms with van der Waals surface area (Å²) < 4.78 is 5.09. The summed E-state index contributed by atoms with van der Waals surface area (Å²) in [5.41, 5.74) is 0.831. The number of nitrogens with one attached hydrogen (secondary N) is 1. The Morgan fingerprint density at radius 2 is 1.83 bits per heavy atom. The summed E-state index contributed by atoms with van der Waals surface area (Å²) in [6.45, 7) is 0.916. The number of methoxy groups -OCH3 is 1. The third kappa shape index (κ3) is 5.78. The van der Waals surface area contributed by atoms with Crippen LogP contribution in [-0.2, 0) is 11.2 Å². The number of hydrogen-bond acceptors (Lipinski definition) is 4. The Labute approximate surface area is 136 Å². The van der Waals surface area contributed by atoms with Gasteiger partial charge in [-0.3, -0.25) is 0 Å². The number of carboxylic acid groups (broad SMARTS) is 1. The molecule has 0 unspecified atom stereocenters. The van der Waals surface area contributed by atoms with Gasteiger partial charge in [0, 0.05) is 26.6 Å². The van der Waals surface area contributed by atoms with Crippen LogP contribution < -0.4 is 10.1 Å². The fourth-order valence-corrected chi connectivity index (χ4v) is 2.17. The number of carboxylic acids is 1. The topological polar surface area (TPSA) is 82.1 Å². The minimum absolute atomic E-state index is 0.236. The second kappa shape index (κ2) is 8.99. The van der Waals surface area contributed by atoms with E-state index in [4.69, 9.17) is 4.74 Å². The highest BCUT2D eigenvalue weighted by atomic mass is 16.5. The normalized spacial score (nSPS) is 11.9. The van der Waals surface area contributed by atoms with Crippen LogP contribution in [0.15, 0.2) is 24.3 Å². The van der Waals surface area contributed by atoms with Crippen molar-refractivity contribution in [3.05, 3.63) is 29.8 Å². The van der Waals surface area contributed by atoms with E-state index < -0.39 is 18.0 Å². The van der Waals surface area contributed by atoms with E-state index in [0.717, 1.165) is 5.56 Å². The molecule has 0 aromatic heterocycles. The van der Waals surface area contributed by atoms with Crippen molar-refractivity contribution in [2.24, 2.45) is 0 Å². The van der Waals surface area contributed by atoms with Crippen LogP contribution in [0.4, 0.5) is 4.79 Å². The zero-order chi connectivity index (χ0) is 17.4. The number of nitrogens with zero attached hydrogens (tertiary/aromatic N) is 2. The molecule has 1 atom stereocenters. The van der Waals surface area contributed by atoms with E-state index in [1.54, 1.807) is 19.2 Å². The molecule has 0 aliphatic carbocycles. The smallest absolute Gasteiger partial charge is 0.326 e. The summed E-state index contributed by atoms with van der Waals surface area (Å²) >= 11 is 0. The summed E-state index contributed by atoms with van der Waals surface area (Å²) in [4.78, 5) is 27.0. The molecule has 0 radical (unpaired) electrons. The molecule has 1 aromatic rings. The van der Waals surface area contributed by atoms with Gasteiger partial charge in [-0.25, -0.2) is 9.59 Å². The number of urea groups is 1. The Hall–Kier alpha value is -2.28. The number of carbonyl (C=O) groups excluding carboxylic acids is 1. The molecule has 0 fully saturated rings. The number of carbonyl (C=O) groups is 2. The molecule has 0 saturated carbocycles. The zero-order valence-corrected chi connectivity index (χ0v) is 14.1. The lowest BCUT2D eigenvalue weighted by Crippen LogP contribution is -2.51. The molecule has 7 heteroatoms. The van der Waals surface area contributed by atoms with Crippen LogP contribution in [0, 0.1) is 0 Å². The summed E-state index contributed by atoms with van der Waals surface area (Å²) in [6.07, 6.45) is 0.236. The van der Waals surface area contributed by atoms with Gasteiger partial charge < -0.3 is 25.0 Å². The van der Waals surface area contributed by atoms with E-state index in [0.29, 0.717) is 18.8 Å². The average molecular weight is 323 g/mol. The first-order valence-corrected chi connectivity index (χ1v) is 7.37. The molecule has 0 bridgehead atoms. The molecule has 2 amide bonds. The van der Waals surface area contributed by atoms with Crippen molar-refractivity contribution in [2.75, 3.05) is 41.3 Å². The molecule has 1 rings (SSSR count). The number of ether oxygens (including phenoxy) is 1. The second-order valence-corrected chi connectivity index (χ2v) is 5.46. The highest BCUT2D eigenvalue weighted by molar-refractivity contribution is 5.82. The van der Waals surface area contributed by atoms with Gasteiger partial charge in [-0.05, 0) is 31.8 Å². The van der Waals surface area contributed by atoms with Crippen molar-refractivity contribution in [2.45, 2.75) is 12.5 Å². The molecule has 0 aliphatic heterocycles. The lowest BCUT2D eigenvalue weighted by atomic mass is 10.0. The van der Waals surface area contributed by atoms with Gasteiger partial charge >= 0.3 is 12.0 Å². The molecule has 1 aromatic carbocycles. The van der Waals surface area contributed by atoms with Crippen molar-refractivity contribution in [1.29, 1.82) is 0 Å². The van der Waals surface area contributed by atoms with E-state index in [2.05, 4.69) is 5.32 Å². The third-order valence-electron chi connectivity index (χ3n) is 3.51. The van der Waals surface area contributed by atoms with Crippen LogP contribution in [0.1, 0.15) is 5.56 Å². The highest BCUT2D eigenvalue weighted by Crippen LogP contribution is 2.15. The molecular weight excluding hydrogens is 298 g/mol. The van der Waals surface area contributed by atoms with Crippen molar-refractivity contribution < 1.29 is 19.4 Å². The number of benzene rings is 1. The van der Waals surface area contributed by atoms with E-state index in [9.17, 15) is 14.7 Å². The van der Waals surface area contributed by atoms with Crippen molar-refractivity contribution in [1.82, 2.24) is 15.1 Å². The summed E-state index contributed by atoms with van der Waals surface area (Å²) in [5.74, 6) is -0.320. The minimum Gasteiger partial charge on any atom is -0.497 e. The predicted molar refractivity (Wildman–Crippen MR) is 87.8 cm³/mol. The SMILES string of the molecule is CNC(=O)N(CCN(C)C)[C@@H](Cc1ccc(OC)cc1)C(=O)O. The van der Waals surface area contributed by atoms with E-state index in [1.165, 1.54) is 11.9 Å². The van der Waals surface area contributed by atoms with Crippen molar-refractivity contribution >= 4 is 12.0 Å². The molecule has 23 heavy (non-hydrogen) atoms. The minimum atomic E-state index is -1.02. The Bertz CT molecular complexity index is 517. The first-order valence-electron chi connectivity index (χ1n) is 7.37. The number of hydrogen-bond donors (Lipinski definition) is 2. The van der Waals surface area contributed by atoms with Gasteiger partial charge in [0.15, 0.2) is 0 Å². The first-order chi connectivity index (χ1) is 10.9. The third-order valence-corrected chi connectivity index (χ3v) is 3.51. The van der Waals surface area contributed by atoms with Crippen LogP contribution in [0.2, 0.25) is 0 Å². The van der Waals surface area contributed by atoms with Gasteiger partial charge in [-0.15, -0.1) is 0 Å². The Kier molecular flexibility index (Phi) is 7.34. The highest BCUT2D eigenvalue weighted by Gasteiger charge is 2.29. The average Bonchev–Trinajstić information content (AvgIpc) is 2.53. The van der Waals surface area contributed by atoms with Gasteiger partial charge in [-0.2, -0.15) is 0 Å². The van der Waals surface area contributed by atoms with Gasteiger partial charge in [-0.1, -0.05) is 12.1 Å². The Morgan fingerprint density at radius 1 is 1.22 bits per heavy atom. The van der Waals surface area contributed by atoms with Gasteiger partial charge in [0.05, 0.1) is 7.11 Å². The Morgan fingerprint density at radius 3 is 2.26 bits per heavy atom. The van der Waals surface area contributed by atoms with Gasteiger partial charge in [0.2, 0.25) is 0 Å². The maximum Gasteiger partial charge on any atom is 0.326 e. The maximum atomic E-state index is 12.1. The summed E-state index contributed by atoms with van der Waals surface area (Å²) in [5, 5.41) is 12.1. The molecule has 0 spiro atoms. The van der Waals surface area contributed by atoms with Gasteiger partial charge in [0.25, 0.3) is 0 Å². The second-order valence-electron chi connectivity index (χ2n) is 5.46. The number of rotatable bonds is 8. The van der Waals surface area contributed by atoms with Crippen LogP contribution in [0.3, 0.4) is 0 Å². The number of aliphatic carboxylic acids is 1. The van der Waals surface area contributed by atoms with Crippen LogP contribution >= 0.6 is 0 Å². The van der Waals surface area contributed by atoms with Crippen LogP contribution in [-0.4, -0.2) is 74.3 Å². The van der Waals surface area contributed by atoms with E-state index in [-0.39, 0.29) is 6.42 Å². The molecule has 0 aliphatic rings. The molecule has 128 valence electrons. The fourth-order valence-electron chi connectivity index (χ4n) is 2.17. The van der Waals surface area contributed by atoms with Crippen molar-refractivity contribution in [3.63, 3.8) is 0 Å². The largest absolute Gasteiger partial charge is 0.497 e. The predicted octanol–water partition coefficient (Wildman–Crippen LogP) is 0.894. The fraction of sp³-hybridized carbons (Fsp3) is 0.500. The lowest BCUT2D eigenvalue weighted by molar-refractivity contribution is -0.142. The molecule has 2 N–H and O–H groups in total. The van der Waals surface area contributed by atoms with E-state index >= 15 is 0 Å². The summed E-state index contributed by atoms with van der Waals surface area (Å²) in [6, 6.07) is 5.85. The Balaban J connectivity index is 2.94. The molecule has 7 nitrogen and oxygen atoms in total. The van der Waals surface area contributed by atoms with Crippen LogP contribution in [0.5, 0.6) is 5.75 Å². The van der Waals surface area contributed by atoms with Gasteiger partial charge in [0.1, 0.15) is 11.8 Å². The first kappa shape index (κ1) is 18.8. The number of likely N-dealkylation sites (N-methyl/N-ethyl adjacent to an activating group) is 1. The monoisotopic (exact) mass is 323 g/mol.